The minimum atomic E-state index is -1.17. The van der Waals surface area contributed by atoms with Crippen molar-refractivity contribution in [3.05, 3.63) is 171 Å². The van der Waals surface area contributed by atoms with Gasteiger partial charge >= 0.3 is 7.12 Å². The number of hydrogen-bond acceptors (Lipinski definition) is 6. The number of alkyl halides is 2. The fraction of sp³-hybridized carbons (Fsp3) is 0.533. The number of halogens is 3. The van der Waals surface area contributed by atoms with Crippen LogP contribution in [-0.2, 0) is 5.45 Å². The van der Waals surface area contributed by atoms with Gasteiger partial charge in [0.25, 0.3) is 0 Å². The average molecular weight is 1270 g/mol. The van der Waals surface area contributed by atoms with Crippen molar-refractivity contribution < 1.29 is 19.9 Å². The van der Waals surface area contributed by atoms with E-state index in [4.69, 9.17) is 20.2 Å². The van der Waals surface area contributed by atoms with Crippen molar-refractivity contribution in [1.82, 2.24) is 4.57 Å². The Labute approximate surface area is 493 Å². The molecule has 0 amide bonds. The Hall–Kier alpha value is -3.19. The Morgan fingerprint density at radius 2 is 0.743 bits per heavy atom. The second-order valence-electron chi connectivity index (χ2n) is 8.65. The van der Waals surface area contributed by atoms with Gasteiger partial charge in [-0.15, -0.1) is 0 Å². The molecule has 1 aliphatic rings. The summed E-state index contributed by atoms with van der Waals surface area (Å²) in [5.41, 5.74) is 0.889. The van der Waals surface area contributed by atoms with E-state index in [9.17, 15) is 10.1 Å². The number of nitro groups is 2. The summed E-state index contributed by atoms with van der Waals surface area (Å²) in [5.74, 6) is 0. The van der Waals surface area contributed by atoms with Gasteiger partial charge in [0.2, 0.25) is 6.20 Å². The van der Waals surface area contributed by atoms with Crippen molar-refractivity contribution in [3.63, 3.8) is 0 Å². The summed E-state index contributed by atoms with van der Waals surface area (Å²) in [6, 6.07) is 36.3. The Morgan fingerprint density at radius 1 is 0.541 bits per heavy atom. The molecule has 1 aliphatic carbocycles. The van der Waals surface area contributed by atoms with Crippen LogP contribution in [0.5, 0.6) is 0 Å². The second kappa shape index (κ2) is 139. The molecule has 0 radical (unpaired) electrons. The number of aromatic nitrogens is 1. The molecule has 74 heavy (non-hydrogen) atoms. The SMILES string of the molecule is BrCn1cccc1.C.C.C.C.C.C.C.C.C1=CCC=C1.CB(O)O.CC.CC.CC.CC.CC.CC.CC.CC.CC.CCBr.C[N+](=O)[O-].O=[N+]([O-])/C=C\Br.c1ccc(P(c2ccccc2)c2ccccc2)cc1. The molecule has 2 N–H and O–H groups in total. The van der Waals surface area contributed by atoms with Crippen LogP contribution >= 0.6 is 55.7 Å². The third kappa shape index (κ3) is 128. The van der Waals surface area contributed by atoms with Crippen LogP contribution in [0.1, 0.15) is 197 Å². The highest BCUT2D eigenvalue weighted by molar-refractivity contribution is 9.11. The monoisotopic (exact) mass is 1270 g/mol. The number of hydrogen-bond donors (Lipinski definition) is 2. The lowest BCUT2D eigenvalue weighted by atomic mass is 9.99. The molecule has 0 spiro atoms. The van der Waals surface area contributed by atoms with E-state index in [2.05, 4.69) is 163 Å². The van der Waals surface area contributed by atoms with Gasteiger partial charge in [-0.05, 0) is 49.2 Å². The first kappa shape index (κ1) is 129. The van der Waals surface area contributed by atoms with Gasteiger partial charge in [0.1, 0.15) is 0 Å². The topological polar surface area (TPSA) is 132 Å². The number of rotatable bonds is 5. The summed E-state index contributed by atoms with van der Waals surface area (Å²) in [4.78, 5) is 18.2. The molecule has 3 aromatic carbocycles. The lowest BCUT2D eigenvalue weighted by Crippen LogP contribution is -2.20. The predicted molar refractivity (Wildman–Crippen MR) is 371 cm³/mol. The number of nitrogens with zero attached hydrogens (tertiary/aromatic N) is 3. The lowest BCUT2D eigenvalue weighted by molar-refractivity contribution is -0.445. The lowest BCUT2D eigenvalue weighted by Gasteiger charge is -2.18. The maximum Gasteiger partial charge on any atom is 0.448 e. The minimum absolute atomic E-state index is 0. The minimum Gasteiger partial charge on any atom is -0.427 e. The van der Waals surface area contributed by atoms with Crippen LogP contribution in [0.25, 0.3) is 0 Å². The molecule has 0 atom stereocenters. The molecule has 1 aromatic heterocycles. The van der Waals surface area contributed by atoms with Crippen LogP contribution in [0.2, 0.25) is 6.82 Å². The standard InChI is InChI=1S/C18H15P.C5H6BrN.C5H6.C2H2BrNO2.C2H5Br.9C2H6.CH5BO2.CH3NO2.8CH4/c1-4-10-16(11-5-1)19(17-12-6-2-7-13-17)18-14-8-3-9-15-18;6-5-7-3-1-2-4-7;1-2-4-5-3-1;3-1-2-4(5)6;1-2-3;9*1-2;2*1-2(3)4;;;;;;;;/h1-15H;1-4H,5H2;1-4H,5H2;1-2H;2H2,1H3;9*1-2H3;3-4H,1H3;1H3;8*1H4/b;;;2-1-;;;;;;;;;;;;;;;;;;;;. The zero-order valence-corrected chi connectivity index (χ0v) is 50.7. The number of allylic oxidation sites excluding steroid dienone is 4. The van der Waals surface area contributed by atoms with E-state index in [1.54, 1.807) is 0 Å². The van der Waals surface area contributed by atoms with Gasteiger partial charge in [0.15, 0.2) is 7.05 Å². The fourth-order valence-corrected chi connectivity index (χ4v) is 5.90. The average Bonchev–Trinajstić information content (AvgIpc) is 4.16. The van der Waals surface area contributed by atoms with Gasteiger partial charge < -0.3 is 14.6 Å². The van der Waals surface area contributed by atoms with Gasteiger partial charge in [-0.2, -0.15) is 0 Å². The highest BCUT2D eigenvalue weighted by Gasteiger charge is 2.15. The van der Waals surface area contributed by atoms with Crippen molar-refractivity contribution in [2.45, 2.75) is 210 Å². The van der Waals surface area contributed by atoms with Gasteiger partial charge in [-0.25, -0.2) is 0 Å². The molecular formula is C60H128BBr3N3O6P. The molecule has 9 nitrogen and oxygen atoms in total. The third-order valence-electron chi connectivity index (χ3n) is 4.68. The molecule has 4 aromatic rings. The van der Waals surface area contributed by atoms with Gasteiger partial charge in [-0.3, -0.25) is 20.2 Å². The molecule has 1 heterocycles. The first-order valence-electron chi connectivity index (χ1n) is 23.4. The normalized spacial score (nSPS) is 7.23. The van der Waals surface area contributed by atoms with Crippen LogP contribution in [-0.4, -0.2) is 44.0 Å². The van der Waals surface area contributed by atoms with Crippen LogP contribution in [0.15, 0.2) is 151 Å². The van der Waals surface area contributed by atoms with Crippen molar-refractivity contribution in [3.8, 4) is 0 Å². The zero-order valence-electron chi connectivity index (χ0n) is 45.1. The van der Waals surface area contributed by atoms with Gasteiger partial charge in [0.05, 0.1) is 15.4 Å². The summed E-state index contributed by atoms with van der Waals surface area (Å²) >= 11 is 9.17. The summed E-state index contributed by atoms with van der Waals surface area (Å²) in [5, 5.41) is 38.6. The number of benzene rings is 3. The Morgan fingerprint density at radius 3 is 0.851 bits per heavy atom. The molecule has 0 unspecified atom stereocenters. The molecule has 0 bridgehead atoms. The van der Waals surface area contributed by atoms with Crippen molar-refractivity contribution in [2.24, 2.45) is 0 Å². The molecule has 0 saturated heterocycles. The Bertz CT molecular complexity index is 1300. The van der Waals surface area contributed by atoms with Crippen LogP contribution < -0.4 is 15.9 Å². The van der Waals surface area contributed by atoms with E-state index < -0.39 is 24.9 Å². The largest absolute Gasteiger partial charge is 0.448 e. The molecule has 0 saturated carbocycles. The summed E-state index contributed by atoms with van der Waals surface area (Å²) in [7, 11) is -0.724. The molecule has 0 fully saturated rings. The van der Waals surface area contributed by atoms with Crippen molar-refractivity contribution in [1.29, 1.82) is 0 Å². The maximum atomic E-state index is 9.29. The highest BCUT2D eigenvalue weighted by atomic mass is 79.9. The highest BCUT2D eigenvalue weighted by Crippen LogP contribution is 2.32. The third-order valence-corrected chi connectivity index (χ3v) is 7.94. The van der Waals surface area contributed by atoms with E-state index in [1.807, 2.05) is 161 Å². The molecule has 14 heteroatoms. The fourth-order valence-electron chi connectivity index (χ4n) is 3.07. The van der Waals surface area contributed by atoms with Crippen LogP contribution in [0, 0.1) is 20.2 Å². The smallest absolute Gasteiger partial charge is 0.427 e. The predicted octanol–water partition coefficient (Wildman–Crippen LogP) is 22.6. The second-order valence-corrected chi connectivity index (χ2v) is 13.0. The Balaban J connectivity index is -0.0000000282. The molecule has 0 aliphatic heterocycles. The Kier molecular flexibility index (Phi) is 241. The first-order chi connectivity index (χ1) is 32.0. The van der Waals surface area contributed by atoms with E-state index >= 15 is 0 Å². The molecule has 5 rings (SSSR count). The molecular weight excluding hydrogens is 1140 g/mol. The van der Waals surface area contributed by atoms with Gasteiger partial charge in [-0.1, -0.05) is 354 Å². The van der Waals surface area contributed by atoms with Gasteiger partial charge in [0, 0.05) is 22.6 Å². The first-order valence-corrected chi connectivity index (χ1v) is 27.9. The van der Waals surface area contributed by atoms with Crippen molar-refractivity contribution >= 4 is 78.7 Å². The summed E-state index contributed by atoms with van der Waals surface area (Å²) in [6.45, 7) is 39.3. The quantitative estimate of drug-likeness (QED) is 0.0673. The summed E-state index contributed by atoms with van der Waals surface area (Å²) in [6.07, 6.45) is 14.3. The summed E-state index contributed by atoms with van der Waals surface area (Å²) < 4.78 is 2.04. The molecule has 448 valence electrons. The van der Waals surface area contributed by atoms with Crippen molar-refractivity contribution in [2.75, 3.05) is 12.4 Å². The van der Waals surface area contributed by atoms with E-state index in [-0.39, 0.29) is 59.4 Å². The van der Waals surface area contributed by atoms with E-state index in [0.717, 1.165) is 30.5 Å². The van der Waals surface area contributed by atoms with Crippen LogP contribution in [0.4, 0.5) is 0 Å². The zero-order chi connectivity index (χ0) is 54.4. The maximum absolute atomic E-state index is 9.29. The van der Waals surface area contributed by atoms with Crippen LogP contribution in [0.3, 0.4) is 0 Å². The van der Waals surface area contributed by atoms with E-state index in [1.165, 1.54) is 27.7 Å². The van der Waals surface area contributed by atoms with E-state index in [0.29, 0.717) is 0 Å².